The summed E-state index contributed by atoms with van der Waals surface area (Å²) >= 11 is 0. The van der Waals surface area contributed by atoms with E-state index in [1.165, 1.54) is 22.3 Å². The molecular weight excluding hydrogens is 962 g/mol. The first-order chi connectivity index (χ1) is 35.2. The van der Waals surface area contributed by atoms with Crippen LogP contribution in [0.25, 0.3) is 77.4 Å². The molecule has 0 radical (unpaired) electrons. The maximum atomic E-state index is 6.68. The minimum Gasteiger partial charge on any atom is -0.657 e. The molecular formula is C62H64N4O6Zn. The average molecular weight is 1030 g/mol. The molecule has 4 aliphatic heterocycles. The first-order valence-corrected chi connectivity index (χ1v) is 25.7. The third-order valence-corrected chi connectivity index (χ3v) is 14.4. The van der Waals surface area contributed by atoms with Crippen LogP contribution in [0.15, 0.2) is 97.1 Å². The van der Waals surface area contributed by atoms with Crippen molar-refractivity contribution in [2.45, 2.75) is 81.1 Å². The minimum absolute atomic E-state index is 0. The second-order valence-electron chi connectivity index (χ2n) is 18.5. The molecule has 4 aliphatic rings. The van der Waals surface area contributed by atoms with Gasteiger partial charge in [0.05, 0.1) is 49.2 Å². The molecule has 3 aromatic heterocycles. The summed E-state index contributed by atoms with van der Waals surface area (Å²) in [6, 6.07) is 33.0. The van der Waals surface area contributed by atoms with Gasteiger partial charge in [-0.3, -0.25) is 0 Å². The third kappa shape index (κ3) is 9.87. The van der Waals surface area contributed by atoms with Gasteiger partial charge in [-0.2, -0.15) is 0 Å². The van der Waals surface area contributed by atoms with E-state index in [-0.39, 0.29) is 19.5 Å². The number of rotatable bonds is 4. The van der Waals surface area contributed by atoms with Crippen LogP contribution >= 0.6 is 0 Å². The number of allylic oxidation sites excluding steroid dienone is 4. The fraction of sp³-hybridized carbons (Fsp3) is 0.323. The summed E-state index contributed by atoms with van der Waals surface area (Å²) in [4.78, 5) is 22.5. The van der Waals surface area contributed by atoms with E-state index in [9.17, 15) is 0 Å². The Kier molecular flexibility index (Phi) is 16.0. The molecule has 14 bridgehead atoms. The van der Waals surface area contributed by atoms with Crippen molar-refractivity contribution in [2.24, 2.45) is 0 Å². The summed E-state index contributed by atoms with van der Waals surface area (Å²) in [5.41, 5.74) is 20.0. The van der Waals surface area contributed by atoms with Crippen LogP contribution in [0.2, 0.25) is 0 Å². The van der Waals surface area contributed by atoms with Crippen molar-refractivity contribution in [3.63, 3.8) is 0 Å². The summed E-state index contributed by atoms with van der Waals surface area (Å²) in [7, 11) is 0. The van der Waals surface area contributed by atoms with Gasteiger partial charge in [-0.25, -0.2) is 9.97 Å². The smallest absolute Gasteiger partial charge is 0.657 e. The molecule has 370 valence electrons. The number of para-hydroxylation sites is 2. The number of fused-ring (bicyclic) bond motifs is 12. The number of nitrogens with zero attached hydrogens (tertiary/aromatic N) is 4. The molecule has 0 aliphatic carbocycles. The Labute approximate surface area is 442 Å². The molecule has 0 spiro atoms. The van der Waals surface area contributed by atoms with Gasteiger partial charge in [-0.1, -0.05) is 123 Å². The molecule has 0 unspecified atom stereocenters. The Hall–Kier alpha value is -6.52. The van der Waals surface area contributed by atoms with E-state index >= 15 is 0 Å². The zero-order valence-corrected chi connectivity index (χ0v) is 46.6. The Balaban J connectivity index is 0.00000656. The third-order valence-electron chi connectivity index (χ3n) is 14.4. The summed E-state index contributed by atoms with van der Waals surface area (Å²) in [6.07, 6.45) is 3.16. The van der Waals surface area contributed by atoms with E-state index in [2.05, 4.69) is 104 Å². The number of hydrogen-bond donors (Lipinski definition) is 0. The quantitative estimate of drug-likeness (QED) is 0.125. The van der Waals surface area contributed by atoms with Gasteiger partial charge in [0.1, 0.15) is 49.4 Å². The van der Waals surface area contributed by atoms with Crippen molar-refractivity contribution < 1.29 is 47.9 Å². The first-order valence-electron chi connectivity index (χ1n) is 25.7. The maximum absolute atomic E-state index is 6.68. The van der Waals surface area contributed by atoms with Gasteiger partial charge in [-0.15, -0.1) is 22.1 Å². The largest absolute Gasteiger partial charge is 2.00 e. The van der Waals surface area contributed by atoms with Gasteiger partial charge in [0.25, 0.3) is 0 Å². The fourth-order valence-corrected chi connectivity index (χ4v) is 10.8. The molecule has 4 aromatic carbocycles. The first kappa shape index (κ1) is 51.4. The molecule has 7 heterocycles. The molecule has 0 fully saturated rings. The number of aromatic nitrogens is 4. The van der Waals surface area contributed by atoms with E-state index in [4.69, 9.17) is 48.4 Å². The van der Waals surface area contributed by atoms with Gasteiger partial charge in [-0.05, 0) is 111 Å². The van der Waals surface area contributed by atoms with Crippen LogP contribution in [0.5, 0.6) is 23.0 Å². The van der Waals surface area contributed by atoms with Crippen LogP contribution in [0.1, 0.15) is 99.4 Å². The van der Waals surface area contributed by atoms with Crippen molar-refractivity contribution in [3.05, 3.63) is 142 Å². The SMILES string of the molecule is CCC1=C(C)c2nc1cc1[n-]c(c(C)c1CC)c1c3nc(cc4[n-]c(c(C)c4CC)c2-c2ccccc2OCCOCCOc2cccc4c(cccc24)OCCOCCOc2ccccc2-1)C(CC)=C3C.[Zn+2]. The standard InChI is InChI=1S/C62H64N4O6.Zn/c1-9-41-37(5)59-57-47-19-13-15-23-55(47)71-33-29-67-27-31-69-53-25-17-22-46-45(53)21-18-26-54(46)70-32-28-68-30-34-72-56-24-16-14-20-48(56)58(61-38(6)42(10-2)50(64-61)35-49(41)63-59)62-40(8)44(12-4)52(66-62)36-51-43(11-3)39(7)60(57)65-51;/h13-26,35-36H,9-12,27-34H2,1-8H3;/q-2;+2. The Morgan fingerprint density at radius 2 is 0.808 bits per heavy atom. The molecule has 0 saturated carbocycles. The topological polar surface area (TPSA) is 109 Å². The van der Waals surface area contributed by atoms with Crippen LogP contribution in [0.3, 0.4) is 0 Å². The van der Waals surface area contributed by atoms with Crippen LogP contribution in [-0.4, -0.2) is 62.8 Å². The molecule has 0 saturated heterocycles. The molecule has 0 N–H and O–H groups in total. The van der Waals surface area contributed by atoms with Crippen molar-refractivity contribution >= 4 is 55.1 Å². The number of hydrogen-bond acceptors (Lipinski definition) is 8. The van der Waals surface area contributed by atoms with Crippen molar-refractivity contribution in [1.29, 1.82) is 0 Å². The number of ether oxygens (including phenoxy) is 6. The van der Waals surface area contributed by atoms with Crippen LogP contribution in [0, 0.1) is 13.8 Å². The fourth-order valence-electron chi connectivity index (χ4n) is 10.8. The molecule has 11 rings (SSSR count). The Morgan fingerprint density at radius 1 is 0.438 bits per heavy atom. The van der Waals surface area contributed by atoms with E-state index in [0.29, 0.717) is 52.9 Å². The van der Waals surface area contributed by atoms with Gasteiger partial charge in [0, 0.05) is 21.9 Å². The van der Waals surface area contributed by atoms with Crippen LogP contribution in [-0.2, 0) is 41.8 Å². The second-order valence-corrected chi connectivity index (χ2v) is 18.5. The van der Waals surface area contributed by atoms with Gasteiger partial charge in [0.2, 0.25) is 0 Å². The molecule has 11 heteroatoms. The molecule has 7 aromatic rings. The number of benzene rings is 4. The van der Waals surface area contributed by atoms with E-state index < -0.39 is 0 Å². The van der Waals surface area contributed by atoms with Crippen LogP contribution < -0.4 is 28.9 Å². The van der Waals surface area contributed by atoms with E-state index in [1.807, 2.05) is 48.5 Å². The van der Waals surface area contributed by atoms with Gasteiger partial charge < -0.3 is 38.4 Å². The summed E-state index contributed by atoms with van der Waals surface area (Å²) in [6.45, 7) is 20.6. The summed E-state index contributed by atoms with van der Waals surface area (Å²) in [5.74, 6) is 3.01. The van der Waals surface area contributed by atoms with Crippen molar-refractivity contribution in [1.82, 2.24) is 19.9 Å². The molecule has 73 heavy (non-hydrogen) atoms. The van der Waals surface area contributed by atoms with Crippen molar-refractivity contribution in [3.8, 4) is 45.3 Å². The van der Waals surface area contributed by atoms with E-state index in [1.54, 1.807) is 0 Å². The zero-order valence-electron chi connectivity index (χ0n) is 43.7. The maximum Gasteiger partial charge on any atom is 2.00 e. The Morgan fingerprint density at radius 3 is 1.19 bits per heavy atom. The zero-order chi connectivity index (χ0) is 49.9. The predicted octanol–water partition coefficient (Wildman–Crippen LogP) is 13.7. The molecule has 0 amide bonds. The van der Waals surface area contributed by atoms with E-state index in [0.717, 1.165) is 149 Å². The molecule has 10 nitrogen and oxygen atoms in total. The van der Waals surface area contributed by atoms with Crippen LogP contribution in [0.4, 0.5) is 0 Å². The normalized spacial score (nSPS) is 14.7. The van der Waals surface area contributed by atoms with Gasteiger partial charge >= 0.3 is 19.5 Å². The summed E-state index contributed by atoms with van der Waals surface area (Å²) < 4.78 is 38.2. The predicted molar refractivity (Wildman–Crippen MR) is 291 cm³/mol. The number of aryl methyl sites for hydroxylation is 4. The van der Waals surface area contributed by atoms with Gasteiger partial charge in [0.15, 0.2) is 0 Å². The minimum atomic E-state index is 0. The average Bonchev–Trinajstić information content (AvgIpc) is 4.09. The second kappa shape index (κ2) is 22.7. The Bertz CT molecular complexity index is 3210. The summed E-state index contributed by atoms with van der Waals surface area (Å²) in [5, 5.41) is 1.94. The monoisotopic (exact) mass is 1020 g/mol. The molecule has 0 atom stereocenters. The van der Waals surface area contributed by atoms with Crippen molar-refractivity contribution in [2.75, 3.05) is 52.9 Å².